The zero-order chi connectivity index (χ0) is 20.0. The molecule has 1 N–H and O–H groups in total. The van der Waals surface area contributed by atoms with Gasteiger partial charge in [-0.15, -0.1) is 0 Å². The third-order valence-corrected chi connectivity index (χ3v) is 6.80. The van der Waals surface area contributed by atoms with Gasteiger partial charge in [0.25, 0.3) is 0 Å². The summed E-state index contributed by atoms with van der Waals surface area (Å²) in [5.74, 6) is -0.824. The van der Waals surface area contributed by atoms with Crippen molar-refractivity contribution in [1.82, 2.24) is 4.90 Å². The lowest BCUT2D eigenvalue weighted by Crippen LogP contribution is -2.29. The first-order valence-electron chi connectivity index (χ1n) is 9.46. The maximum Gasteiger partial charge on any atom is 0.327 e. The Kier molecular flexibility index (Phi) is 6.65. The topological polar surface area (TPSA) is 74.7 Å². The smallest absolute Gasteiger partial charge is 0.327 e. The minimum atomic E-state index is -3.27. The van der Waals surface area contributed by atoms with Crippen molar-refractivity contribution in [2.45, 2.75) is 30.2 Å². The van der Waals surface area contributed by atoms with Crippen molar-refractivity contribution in [3.8, 4) is 0 Å². The summed E-state index contributed by atoms with van der Waals surface area (Å²) < 4.78 is 25.1. The Morgan fingerprint density at radius 3 is 2.50 bits per heavy atom. The second kappa shape index (κ2) is 9.17. The van der Waals surface area contributed by atoms with Gasteiger partial charge in [0.15, 0.2) is 9.84 Å². The SMILES string of the molecule is O=C(O)/C=C/Cc1ccc([C@@H]2CCCN2CCS(=O)(=O)c2ccccc2)cc1. The number of hydrogen-bond donors (Lipinski definition) is 1. The summed E-state index contributed by atoms with van der Waals surface area (Å²) in [5, 5.41) is 8.65. The van der Waals surface area contributed by atoms with Crippen molar-refractivity contribution in [1.29, 1.82) is 0 Å². The number of nitrogens with zero attached hydrogens (tertiary/aromatic N) is 1. The number of aliphatic carboxylic acids is 1. The average molecular weight is 400 g/mol. The van der Waals surface area contributed by atoms with Gasteiger partial charge in [-0.1, -0.05) is 48.5 Å². The number of allylic oxidation sites excluding steroid dienone is 1. The maximum absolute atomic E-state index is 12.6. The predicted molar refractivity (Wildman–Crippen MR) is 109 cm³/mol. The Morgan fingerprint density at radius 2 is 1.82 bits per heavy atom. The van der Waals surface area contributed by atoms with Crippen LogP contribution in [0.5, 0.6) is 0 Å². The van der Waals surface area contributed by atoms with E-state index in [0.717, 1.165) is 31.0 Å². The highest BCUT2D eigenvalue weighted by molar-refractivity contribution is 7.91. The van der Waals surface area contributed by atoms with Crippen LogP contribution in [-0.4, -0.2) is 43.2 Å². The molecule has 1 heterocycles. The van der Waals surface area contributed by atoms with E-state index in [4.69, 9.17) is 5.11 Å². The summed E-state index contributed by atoms with van der Waals surface area (Å²) in [5.41, 5.74) is 2.23. The molecule has 2 aromatic carbocycles. The molecule has 1 atom stereocenters. The Labute approximate surface area is 166 Å². The lowest BCUT2D eigenvalue weighted by atomic mass is 10.0. The van der Waals surface area contributed by atoms with Gasteiger partial charge in [0.05, 0.1) is 10.6 Å². The van der Waals surface area contributed by atoms with E-state index >= 15 is 0 Å². The lowest BCUT2D eigenvalue weighted by Gasteiger charge is -2.25. The Hall–Kier alpha value is -2.44. The van der Waals surface area contributed by atoms with Gasteiger partial charge in [-0.3, -0.25) is 4.90 Å². The van der Waals surface area contributed by atoms with E-state index in [0.29, 0.717) is 17.9 Å². The molecule has 3 rings (SSSR count). The zero-order valence-electron chi connectivity index (χ0n) is 15.7. The molecular formula is C22H25NO4S. The van der Waals surface area contributed by atoms with Crippen LogP contribution in [0.25, 0.3) is 0 Å². The van der Waals surface area contributed by atoms with E-state index < -0.39 is 15.8 Å². The van der Waals surface area contributed by atoms with Crippen LogP contribution in [0.3, 0.4) is 0 Å². The molecular weight excluding hydrogens is 374 g/mol. The van der Waals surface area contributed by atoms with Crippen LogP contribution in [0, 0.1) is 0 Å². The molecule has 2 aromatic rings. The van der Waals surface area contributed by atoms with Crippen molar-refractivity contribution in [2.75, 3.05) is 18.8 Å². The Balaban J connectivity index is 1.62. The van der Waals surface area contributed by atoms with Gasteiger partial charge in [0.2, 0.25) is 0 Å². The second-order valence-corrected chi connectivity index (χ2v) is 9.12. The number of rotatable bonds is 8. The van der Waals surface area contributed by atoms with Gasteiger partial charge < -0.3 is 5.11 Å². The quantitative estimate of drug-likeness (QED) is 0.688. The minimum absolute atomic E-state index is 0.117. The van der Waals surface area contributed by atoms with Gasteiger partial charge in [0.1, 0.15) is 0 Å². The fraction of sp³-hybridized carbons (Fsp3) is 0.318. The lowest BCUT2D eigenvalue weighted by molar-refractivity contribution is -0.131. The van der Waals surface area contributed by atoms with Crippen LogP contribution in [0.1, 0.15) is 30.0 Å². The number of likely N-dealkylation sites (tertiary alicyclic amines) is 1. The summed E-state index contributed by atoms with van der Waals surface area (Å²) >= 11 is 0. The molecule has 0 spiro atoms. The van der Waals surface area contributed by atoms with Crippen molar-refractivity contribution in [3.05, 3.63) is 77.9 Å². The molecule has 1 aliphatic rings. The summed E-state index contributed by atoms with van der Waals surface area (Å²) in [6, 6.07) is 17.0. The van der Waals surface area contributed by atoms with Crippen molar-refractivity contribution >= 4 is 15.8 Å². The van der Waals surface area contributed by atoms with E-state index in [1.54, 1.807) is 30.3 Å². The van der Waals surface area contributed by atoms with E-state index in [2.05, 4.69) is 17.0 Å². The van der Waals surface area contributed by atoms with Crippen LogP contribution in [-0.2, 0) is 21.1 Å². The number of carbonyl (C=O) groups is 1. The molecule has 5 nitrogen and oxygen atoms in total. The molecule has 148 valence electrons. The number of carboxylic acid groups (broad SMARTS) is 1. The monoisotopic (exact) mass is 399 g/mol. The zero-order valence-corrected chi connectivity index (χ0v) is 16.5. The number of hydrogen-bond acceptors (Lipinski definition) is 4. The predicted octanol–water partition coefficient (Wildman–Crippen LogP) is 3.48. The molecule has 0 aromatic heterocycles. The summed E-state index contributed by atoms with van der Waals surface area (Å²) in [6.45, 7) is 1.42. The van der Waals surface area contributed by atoms with Gasteiger partial charge in [0, 0.05) is 18.7 Å². The molecule has 1 saturated heterocycles. The minimum Gasteiger partial charge on any atom is -0.478 e. The average Bonchev–Trinajstić information content (AvgIpc) is 3.16. The first-order valence-corrected chi connectivity index (χ1v) is 11.1. The highest BCUT2D eigenvalue weighted by Gasteiger charge is 2.27. The van der Waals surface area contributed by atoms with Crippen molar-refractivity contribution < 1.29 is 18.3 Å². The highest BCUT2D eigenvalue weighted by Crippen LogP contribution is 2.32. The van der Waals surface area contributed by atoms with Crippen LogP contribution >= 0.6 is 0 Å². The second-order valence-electron chi connectivity index (χ2n) is 7.01. The number of sulfone groups is 1. The maximum atomic E-state index is 12.6. The van der Waals surface area contributed by atoms with E-state index in [-0.39, 0.29) is 11.8 Å². The largest absolute Gasteiger partial charge is 0.478 e. The Bertz CT molecular complexity index is 921. The van der Waals surface area contributed by atoms with Crippen LogP contribution < -0.4 is 0 Å². The number of benzene rings is 2. The molecule has 0 saturated carbocycles. The first-order chi connectivity index (χ1) is 13.5. The van der Waals surface area contributed by atoms with E-state index in [1.807, 2.05) is 18.2 Å². The van der Waals surface area contributed by atoms with Gasteiger partial charge >= 0.3 is 5.97 Å². The van der Waals surface area contributed by atoms with E-state index in [9.17, 15) is 13.2 Å². The normalized spacial score (nSPS) is 17.9. The van der Waals surface area contributed by atoms with Gasteiger partial charge in [-0.05, 0) is 49.1 Å². The summed E-state index contributed by atoms with van der Waals surface area (Å²) in [6.07, 6.45) is 5.44. The molecule has 1 fully saturated rings. The fourth-order valence-corrected chi connectivity index (χ4v) is 4.91. The first kappa shape index (κ1) is 20.3. The Morgan fingerprint density at radius 1 is 1.11 bits per heavy atom. The molecule has 0 aliphatic carbocycles. The molecule has 1 aliphatic heterocycles. The van der Waals surface area contributed by atoms with Crippen molar-refractivity contribution in [2.24, 2.45) is 0 Å². The molecule has 0 unspecified atom stereocenters. The number of carboxylic acids is 1. The molecule has 0 amide bonds. The summed E-state index contributed by atoms with van der Waals surface area (Å²) in [7, 11) is -3.27. The van der Waals surface area contributed by atoms with E-state index in [1.165, 1.54) is 5.56 Å². The standard InChI is InChI=1S/C22H25NO4S/c24-22(25)10-4-6-18-11-13-19(14-12-18)21-9-5-15-23(21)16-17-28(26,27)20-7-2-1-3-8-20/h1-4,7-8,10-14,21H,5-6,9,15-17H2,(H,24,25)/b10-4+/t21-/m0/s1. The molecule has 28 heavy (non-hydrogen) atoms. The van der Waals surface area contributed by atoms with Crippen LogP contribution in [0.2, 0.25) is 0 Å². The third-order valence-electron chi connectivity index (χ3n) is 5.09. The molecule has 6 heteroatoms. The van der Waals surface area contributed by atoms with Gasteiger partial charge in [-0.2, -0.15) is 0 Å². The van der Waals surface area contributed by atoms with Crippen LogP contribution in [0.15, 0.2) is 71.6 Å². The molecule has 0 bridgehead atoms. The van der Waals surface area contributed by atoms with Gasteiger partial charge in [-0.25, -0.2) is 13.2 Å². The summed E-state index contributed by atoms with van der Waals surface area (Å²) in [4.78, 5) is 13.2. The van der Waals surface area contributed by atoms with Crippen molar-refractivity contribution in [3.63, 3.8) is 0 Å². The third kappa shape index (κ3) is 5.30. The van der Waals surface area contributed by atoms with Crippen LogP contribution in [0.4, 0.5) is 0 Å². The highest BCUT2D eigenvalue weighted by atomic mass is 32.2. The fourth-order valence-electron chi connectivity index (χ4n) is 3.63. The molecule has 0 radical (unpaired) electrons.